The molecule has 0 spiro atoms. The molecule has 0 radical (unpaired) electrons. The molecule has 128 valence electrons. The number of nitrogens with zero attached hydrogens (tertiary/aromatic N) is 3. The summed E-state index contributed by atoms with van der Waals surface area (Å²) in [7, 11) is 0. The van der Waals surface area contributed by atoms with Crippen LogP contribution in [-0.2, 0) is 17.9 Å². The summed E-state index contributed by atoms with van der Waals surface area (Å²) in [5, 5.41) is 6.71. The Morgan fingerprint density at radius 2 is 1.55 bits per heavy atom. The summed E-state index contributed by atoms with van der Waals surface area (Å²) >= 11 is 0. The Kier molecular flexibility index (Phi) is 5.56. The van der Waals surface area contributed by atoms with Crippen LogP contribution in [0.15, 0.2) is 0 Å². The van der Waals surface area contributed by atoms with E-state index < -0.39 is 23.2 Å². The molecule has 8 heteroatoms. The van der Waals surface area contributed by atoms with Gasteiger partial charge in [-0.1, -0.05) is 52.2 Å². The predicted molar refractivity (Wildman–Crippen MR) is 72.8 cm³/mol. The highest BCUT2D eigenvalue weighted by atomic mass is 19.4. The Balaban J connectivity index is 3.18. The number of hydrogen-bond donors (Lipinski definition) is 0. The molecule has 0 atom stereocenters. The molecule has 0 saturated heterocycles. The lowest BCUT2D eigenvalue weighted by atomic mass is 9.88. The van der Waals surface area contributed by atoms with E-state index in [-0.39, 0.29) is 12.2 Å². The molecule has 3 nitrogen and oxygen atoms in total. The Bertz CT molecular complexity index is 486. The SMILES string of the molecule is CCCCCCn1nnc(C(F)(F)C(F)(F)F)c1C(C)(C)C. The first-order valence-corrected chi connectivity index (χ1v) is 7.32. The van der Waals surface area contributed by atoms with Crippen LogP contribution < -0.4 is 0 Å². The fourth-order valence-corrected chi connectivity index (χ4v) is 2.25. The third kappa shape index (κ3) is 3.95. The third-order valence-corrected chi connectivity index (χ3v) is 3.32. The fraction of sp³-hybridized carbons (Fsp3) is 0.857. The maximum absolute atomic E-state index is 13.7. The Labute approximate surface area is 126 Å². The Morgan fingerprint density at radius 1 is 0.955 bits per heavy atom. The van der Waals surface area contributed by atoms with Crippen LogP contribution in [0.3, 0.4) is 0 Å². The van der Waals surface area contributed by atoms with E-state index in [0.717, 1.165) is 19.3 Å². The smallest absolute Gasteiger partial charge is 0.248 e. The van der Waals surface area contributed by atoms with E-state index in [1.54, 1.807) is 20.8 Å². The molecule has 0 unspecified atom stereocenters. The highest BCUT2D eigenvalue weighted by molar-refractivity contribution is 5.24. The van der Waals surface area contributed by atoms with E-state index in [9.17, 15) is 22.0 Å². The van der Waals surface area contributed by atoms with Gasteiger partial charge in [-0.2, -0.15) is 22.0 Å². The second-order valence-corrected chi connectivity index (χ2v) is 6.39. The van der Waals surface area contributed by atoms with Gasteiger partial charge in [0, 0.05) is 12.0 Å². The van der Waals surface area contributed by atoms with Crippen LogP contribution in [0, 0.1) is 0 Å². The normalized spacial score (nSPS) is 13.7. The minimum Gasteiger partial charge on any atom is -0.248 e. The van der Waals surface area contributed by atoms with Crippen LogP contribution in [0.25, 0.3) is 0 Å². The van der Waals surface area contributed by atoms with Crippen LogP contribution >= 0.6 is 0 Å². The molecule has 1 heterocycles. The van der Waals surface area contributed by atoms with Crippen LogP contribution in [0.4, 0.5) is 22.0 Å². The van der Waals surface area contributed by atoms with Crippen molar-refractivity contribution >= 4 is 0 Å². The highest BCUT2D eigenvalue weighted by Gasteiger charge is 2.62. The summed E-state index contributed by atoms with van der Waals surface area (Å²) in [6.07, 6.45) is -2.18. The lowest BCUT2D eigenvalue weighted by molar-refractivity contribution is -0.291. The molecule has 0 N–H and O–H groups in total. The van der Waals surface area contributed by atoms with Crippen molar-refractivity contribution in [3.05, 3.63) is 11.4 Å². The zero-order chi connectivity index (χ0) is 17.2. The molecule has 22 heavy (non-hydrogen) atoms. The van der Waals surface area contributed by atoms with E-state index in [2.05, 4.69) is 10.3 Å². The van der Waals surface area contributed by atoms with E-state index in [1.165, 1.54) is 4.68 Å². The molecule has 0 bridgehead atoms. The minimum atomic E-state index is -5.68. The molecule has 0 aliphatic rings. The van der Waals surface area contributed by atoms with Gasteiger partial charge in [-0.25, -0.2) is 4.68 Å². The first-order valence-electron chi connectivity index (χ1n) is 7.32. The summed E-state index contributed by atoms with van der Waals surface area (Å²) in [5.41, 5.74) is -2.37. The van der Waals surface area contributed by atoms with Crippen molar-refractivity contribution in [1.82, 2.24) is 15.0 Å². The number of unbranched alkanes of at least 4 members (excludes halogenated alkanes) is 3. The quantitative estimate of drug-likeness (QED) is 0.554. The molecule has 0 aromatic carbocycles. The maximum Gasteiger partial charge on any atom is 0.459 e. The summed E-state index contributed by atoms with van der Waals surface area (Å²) < 4.78 is 66.4. The summed E-state index contributed by atoms with van der Waals surface area (Å²) in [4.78, 5) is 0. The molecule has 1 rings (SSSR count). The van der Waals surface area contributed by atoms with E-state index in [4.69, 9.17) is 0 Å². The number of aromatic nitrogens is 3. The van der Waals surface area contributed by atoms with Crippen molar-refractivity contribution in [1.29, 1.82) is 0 Å². The number of halogens is 5. The maximum atomic E-state index is 13.7. The molecule has 1 aromatic heterocycles. The average molecular weight is 327 g/mol. The van der Waals surface area contributed by atoms with Crippen LogP contribution in [-0.4, -0.2) is 21.2 Å². The van der Waals surface area contributed by atoms with Gasteiger partial charge in [-0.3, -0.25) is 0 Å². The van der Waals surface area contributed by atoms with Gasteiger partial charge in [0.1, 0.15) is 0 Å². The van der Waals surface area contributed by atoms with Crippen molar-refractivity contribution in [2.45, 2.75) is 77.4 Å². The predicted octanol–water partition coefficient (Wildman–Crippen LogP) is 4.81. The van der Waals surface area contributed by atoms with Crippen LogP contribution in [0.2, 0.25) is 0 Å². The van der Waals surface area contributed by atoms with Gasteiger partial charge in [0.2, 0.25) is 0 Å². The number of hydrogen-bond acceptors (Lipinski definition) is 2. The van der Waals surface area contributed by atoms with Gasteiger partial charge in [-0.15, -0.1) is 5.10 Å². The first kappa shape index (κ1) is 18.8. The van der Waals surface area contributed by atoms with Gasteiger partial charge < -0.3 is 0 Å². The molecule has 0 amide bonds. The van der Waals surface area contributed by atoms with Gasteiger partial charge in [0.05, 0.1) is 5.69 Å². The highest BCUT2D eigenvalue weighted by Crippen LogP contribution is 2.46. The van der Waals surface area contributed by atoms with Crippen molar-refractivity contribution in [3.63, 3.8) is 0 Å². The standard InChI is InChI=1S/C14H22F5N3/c1-5-6-7-8-9-22-11(12(2,3)4)10(20-21-22)13(15,16)14(17,18)19/h5-9H2,1-4H3. The number of alkyl halides is 5. The fourth-order valence-electron chi connectivity index (χ4n) is 2.25. The van der Waals surface area contributed by atoms with Gasteiger partial charge in [0.25, 0.3) is 0 Å². The molecular formula is C14H22F5N3. The van der Waals surface area contributed by atoms with Gasteiger partial charge in [0.15, 0.2) is 5.69 Å². The Morgan fingerprint density at radius 3 is 2.00 bits per heavy atom. The van der Waals surface area contributed by atoms with E-state index >= 15 is 0 Å². The summed E-state index contributed by atoms with van der Waals surface area (Å²) in [6.45, 7) is 7.03. The van der Waals surface area contributed by atoms with Crippen molar-refractivity contribution in [3.8, 4) is 0 Å². The van der Waals surface area contributed by atoms with E-state index in [0.29, 0.717) is 6.42 Å². The van der Waals surface area contributed by atoms with Crippen LogP contribution in [0.5, 0.6) is 0 Å². The molecular weight excluding hydrogens is 305 g/mol. The molecule has 0 saturated carbocycles. The third-order valence-electron chi connectivity index (χ3n) is 3.32. The molecule has 1 aromatic rings. The largest absolute Gasteiger partial charge is 0.459 e. The summed E-state index contributed by atoms with van der Waals surface area (Å²) in [5.74, 6) is -5.00. The van der Waals surface area contributed by atoms with Crippen molar-refractivity contribution in [2.24, 2.45) is 0 Å². The van der Waals surface area contributed by atoms with Crippen LogP contribution in [0.1, 0.15) is 64.8 Å². The lowest BCUT2D eigenvalue weighted by Gasteiger charge is -2.25. The average Bonchev–Trinajstić information content (AvgIpc) is 2.77. The first-order chi connectivity index (χ1) is 9.93. The summed E-state index contributed by atoms with van der Waals surface area (Å²) in [6, 6.07) is 0. The number of rotatable bonds is 6. The molecule has 0 aliphatic carbocycles. The topological polar surface area (TPSA) is 30.7 Å². The second-order valence-electron chi connectivity index (χ2n) is 6.39. The Hall–Kier alpha value is -1.21. The van der Waals surface area contributed by atoms with Gasteiger partial charge >= 0.3 is 12.1 Å². The zero-order valence-electron chi connectivity index (χ0n) is 13.3. The van der Waals surface area contributed by atoms with Gasteiger partial charge in [-0.05, 0) is 6.42 Å². The van der Waals surface area contributed by atoms with E-state index in [1.807, 2.05) is 6.92 Å². The second kappa shape index (κ2) is 6.50. The number of aryl methyl sites for hydroxylation is 1. The van der Waals surface area contributed by atoms with Crippen molar-refractivity contribution < 1.29 is 22.0 Å². The molecule has 0 aliphatic heterocycles. The van der Waals surface area contributed by atoms with Crippen molar-refractivity contribution in [2.75, 3.05) is 0 Å². The molecule has 0 fully saturated rings. The lowest BCUT2D eigenvalue weighted by Crippen LogP contribution is -2.37. The monoisotopic (exact) mass is 327 g/mol. The zero-order valence-corrected chi connectivity index (χ0v) is 13.3. The minimum absolute atomic E-state index is 0.161.